The molecule has 0 atom stereocenters. The normalized spacial score (nSPS) is 10.7. The molecule has 0 spiro atoms. The molecule has 1 heterocycles. The zero-order chi connectivity index (χ0) is 18.5. The number of hydrogen-bond donors (Lipinski definition) is 0. The largest absolute Gasteiger partial charge is 0.494 e. The van der Waals surface area contributed by atoms with E-state index < -0.39 is 5.82 Å². The number of aryl methyl sites for hydroxylation is 2. The van der Waals surface area contributed by atoms with Crippen molar-refractivity contribution >= 4 is 11.6 Å². The SMILES string of the molecule is COc1ccc(-c2ccc(=O)n(CCCc3ccc(Cl)cc3)n2)cc1F. The molecule has 3 rings (SSSR count). The smallest absolute Gasteiger partial charge is 0.266 e. The second kappa shape index (κ2) is 8.15. The topological polar surface area (TPSA) is 44.1 Å². The van der Waals surface area contributed by atoms with E-state index in [2.05, 4.69) is 5.10 Å². The maximum absolute atomic E-state index is 13.9. The summed E-state index contributed by atoms with van der Waals surface area (Å²) < 4.78 is 20.2. The van der Waals surface area contributed by atoms with Gasteiger partial charge in [0.1, 0.15) is 0 Å². The van der Waals surface area contributed by atoms with Crippen LogP contribution < -0.4 is 10.3 Å². The number of hydrogen-bond acceptors (Lipinski definition) is 3. The van der Waals surface area contributed by atoms with Crippen LogP contribution in [0.15, 0.2) is 59.4 Å². The van der Waals surface area contributed by atoms with E-state index in [0.29, 0.717) is 22.8 Å². The Morgan fingerprint density at radius 1 is 1.12 bits per heavy atom. The number of aromatic nitrogens is 2. The van der Waals surface area contributed by atoms with Gasteiger partial charge in [0.2, 0.25) is 0 Å². The van der Waals surface area contributed by atoms with E-state index in [1.54, 1.807) is 18.2 Å². The maximum atomic E-state index is 13.9. The number of ether oxygens (including phenoxy) is 1. The van der Waals surface area contributed by atoms with Gasteiger partial charge in [0.25, 0.3) is 5.56 Å². The zero-order valence-electron chi connectivity index (χ0n) is 14.3. The predicted octanol–water partition coefficient (Wildman–Crippen LogP) is 4.34. The molecule has 1 aromatic heterocycles. The molecule has 0 unspecified atom stereocenters. The Morgan fingerprint density at radius 2 is 1.88 bits per heavy atom. The minimum absolute atomic E-state index is 0.171. The molecule has 0 saturated carbocycles. The quantitative estimate of drug-likeness (QED) is 0.646. The number of methoxy groups -OCH3 is 1. The third-order valence-corrected chi connectivity index (χ3v) is 4.31. The van der Waals surface area contributed by atoms with E-state index in [1.807, 2.05) is 24.3 Å². The minimum Gasteiger partial charge on any atom is -0.494 e. The predicted molar refractivity (Wildman–Crippen MR) is 100 cm³/mol. The third-order valence-electron chi connectivity index (χ3n) is 4.06. The molecule has 6 heteroatoms. The number of halogens is 2. The summed E-state index contributed by atoms with van der Waals surface area (Å²) in [5.74, 6) is -0.294. The van der Waals surface area contributed by atoms with Crippen LogP contribution in [-0.2, 0) is 13.0 Å². The van der Waals surface area contributed by atoms with Crippen LogP contribution in [0, 0.1) is 5.82 Å². The highest BCUT2D eigenvalue weighted by atomic mass is 35.5. The summed E-state index contributed by atoms with van der Waals surface area (Å²) >= 11 is 5.88. The molecule has 26 heavy (non-hydrogen) atoms. The maximum Gasteiger partial charge on any atom is 0.266 e. The van der Waals surface area contributed by atoms with Crippen LogP contribution in [0.3, 0.4) is 0 Å². The molecule has 0 radical (unpaired) electrons. The van der Waals surface area contributed by atoms with Gasteiger partial charge in [-0.3, -0.25) is 4.79 Å². The highest BCUT2D eigenvalue weighted by Gasteiger charge is 2.08. The summed E-state index contributed by atoms with van der Waals surface area (Å²) in [6.45, 7) is 0.480. The van der Waals surface area contributed by atoms with Gasteiger partial charge in [-0.1, -0.05) is 23.7 Å². The van der Waals surface area contributed by atoms with Crippen molar-refractivity contribution in [3.05, 3.63) is 81.4 Å². The van der Waals surface area contributed by atoms with Crippen molar-refractivity contribution in [3.8, 4) is 17.0 Å². The van der Waals surface area contributed by atoms with E-state index in [0.717, 1.165) is 18.4 Å². The Kier molecular flexibility index (Phi) is 5.68. The summed E-state index contributed by atoms with van der Waals surface area (Å²) in [6.07, 6.45) is 1.57. The first kappa shape index (κ1) is 18.1. The first-order valence-corrected chi connectivity index (χ1v) is 8.61. The number of nitrogens with zero attached hydrogens (tertiary/aromatic N) is 2. The molecule has 0 aliphatic rings. The van der Waals surface area contributed by atoms with Crippen molar-refractivity contribution in [1.29, 1.82) is 0 Å². The van der Waals surface area contributed by atoms with Gasteiger partial charge < -0.3 is 4.74 Å². The summed E-state index contributed by atoms with van der Waals surface area (Å²) in [6, 6.07) is 15.3. The van der Waals surface area contributed by atoms with Gasteiger partial charge in [-0.25, -0.2) is 9.07 Å². The Hall–Kier alpha value is -2.66. The lowest BCUT2D eigenvalue weighted by Crippen LogP contribution is -2.22. The van der Waals surface area contributed by atoms with Crippen LogP contribution in [0.5, 0.6) is 5.75 Å². The molecular weight excluding hydrogens is 355 g/mol. The fourth-order valence-corrected chi connectivity index (χ4v) is 2.80. The summed E-state index contributed by atoms with van der Waals surface area (Å²) in [7, 11) is 1.41. The van der Waals surface area contributed by atoms with Crippen molar-refractivity contribution in [1.82, 2.24) is 9.78 Å². The molecule has 0 aliphatic heterocycles. The average molecular weight is 373 g/mol. The molecule has 0 amide bonds. The van der Waals surface area contributed by atoms with Gasteiger partial charge in [0.05, 0.1) is 12.8 Å². The number of rotatable bonds is 6. The van der Waals surface area contributed by atoms with Crippen molar-refractivity contribution in [3.63, 3.8) is 0 Å². The Bertz CT molecular complexity index is 955. The first-order chi connectivity index (χ1) is 12.6. The van der Waals surface area contributed by atoms with Gasteiger partial charge in [-0.2, -0.15) is 5.10 Å². The van der Waals surface area contributed by atoms with E-state index in [1.165, 1.54) is 23.9 Å². The van der Waals surface area contributed by atoms with Crippen LogP contribution in [0.1, 0.15) is 12.0 Å². The molecule has 0 N–H and O–H groups in total. The fraction of sp³-hybridized carbons (Fsp3) is 0.200. The van der Waals surface area contributed by atoms with E-state index in [4.69, 9.17) is 16.3 Å². The van der Waals surface area contributed by atoms with E-state index in [-0.39, 0.29) is 11.3 Å². The number of benzene rings is 2. The lowest BCUT2D eigenvalue weighted by molar-refractivity contribution is 0.386. The minimum atomic E-state index is -0.465. The van der Waals surface area contributed by atoms with Crippen LogP contribution in [0.25, 0.3) is 11.3 Å². The lowest BCUT2D eigenvalue weighted by atomic mass is 10.1. The Balaban J connectivity index is 1.74. The molecule has 3 aromatic rings. The van der Waals surface area contributed by atoms with Gasteiger partial charge in [0, 0.05) is 23.2 Å². The van der Waals surface area contributed by atoms with Crippen LogP contribution in [0.4, 0.5) is 4.39 Å². The Labute approximate surface area is 155 Å². The summed E-state index contributed by atoms with van der Waals surface area (Å²) in [4.78, 5) is 12.0. The van der Waals surface area contributed by atoms with Gasteiger partial charge >= 0.3 is 0 Å². The van der Waals surface area contributed by atoms with Crippen LogP contribution >= 0.6 is 11.6 Å². The van der Waals surface area contributed by atoms with Gasteiger partial charge in [-0.15, -0.1) is 0 Å². The highest BCUT2D eigenvalue weighted by molar-refractivity contribution is 6.30. The van der Waals surface area contributed by atoms with Gasteiger partial charge in [0.15, 0.2) is 11.6 Å². The van der Waals surface area contributed by atoms with Crippen molar-refractivity contribution < 1.29 is 9.13 Å². The molecule has 0 bridgehead atoms. The van der Waals surface area contributed by atoms with Gasteiger partial charge in [-0.05, 0) is 54.8 Å². The molecular formula is C20H18ClFN2O2. The van der Waals surface area contributed by atoms with Crippen molar-refractivity contribution in [2.45, 2.75) is 19.4 Å². The van der Waals surface area contributed by atoms with Crippen molar-refractivity contribution in [2.75, 3.05) is 7.11 Å². The highest BCUT2D eigenvalue weighted by Crippen LogP contribution is 2.23. The molecule has 134 valence electrons. The zero-order valence-corrected chi connectivity index (χ0v) is 15.0. The monoisotopic (exact) mass is 372 g/mol. The third kappa shape index (κ3) is 4.29. The Morgan fingerprint density at radius 3 is 2.58 bits per heavy atom. The second-order valence-corrected chi connectivity index (χ2v) is 6.30. The van der Waals surface area contributed by atoms with E-state index in [9.17, 15) is 9.18 Å². The summed E-state index contributed by atoms with van der Waals surface area (Å²) in [5.41, 5.74) is 2.10. The van der Waals surface area contributed by atoms with Crippen molar-refractivity contribution in [2.24, 2.45) is 0 Å². The lowest BCUT2D eigenvalue weighted by Gasteiger charge is -2.08. The second-order valence-electron chi connectivity index (χ2n) is 5.86. The van der Waals surface area contributed by atoms with Crippen LogP contribution in [0.2, 0.25) is 5.02 Å². The molecule has 2 aromatic carbocycles. The summed E-state index contributed by atoms with van der Waals surface area (Å²) in [5, 5.41) is 5.06. The van der Waals surface area contributed by atoms with Crippen LogP contribution in [-0.4, -0.2) is 16.9 Å². The first-order valence-electron chi connectivity index (χ1n) is 8.23. The molecule has 4 nitrogen and oxygen atoms in total. The molecule has 0 fully saturated rings. The average Bonchev–Trinajstić information content (AvgIpc) is 2.65. The standard InChI is InChI=1S/C20H18ClFN2O2/c1-26-19-10-6-15(13-17(19)22)18-9-11-20(25)24(23-18)12-2-3-14-4-7-16(21)8-5-14/h4-11,13H,2-3,12H2,1H3. The molecule has 0 saturated heterocycles. The van der Waals surface area contributed by atoms with E-state index >= 15 is 0 Å². The molecule has 0 aliphatic carbocycles. The fourth-order valence-electron chi connectivity index (χ4n) is 2.67.